The molecule has 4 heterocycles. The van der Waals surface area contributed by atoms with Crippen molar-refractivity contribution in [3.8, 4) is 0 Å². The standard InChI is InChI=1S/C48H70ClN3O16S/c1-30-10-9-11-38(59-7)48(58)29-36(66-46(57)50-48)32(3)43-47(5,68-43)39(28-40(53)51(6)35-26-34(24-30)25-31(2)42(35)49)67-45(56)33(4)65-23-22-64-21-20-63-19-18-62-17-16-61-15-14-60-13-12-52-41(54)27-37(69-8)44(52)55/h9-11,25-26,32-33,36-39,43,58H,12-24,27-29H2,1-8H3,(H,50,57)/b11-9+,30-10+/t32-,33+,36+,37?,38-,39?,43+,47+,48+/m1/s1. The minimum atomic E-state index is -1.82. The van der Waals surface area contributed by atoms with Gasteiger partial charge >= 0.3 is 12.1 Å². The number of fused-ring (bicyclic) bond motifs is 5. The van der Waals surface area contributed by atoms with Gasteiger partial charge in [0.25, 0.3) is 0 Å². The highest BCUT2D eigenvalue weighted by Gasteiger charge is 2.64. The molecule has 0 saturated carbocycles. The Bertz CT molecular complexity index is 1990. The molecule has 5 rings (SSSR count). The zero-order valence-electron chi connectivity index (χ0n) is 41.0. The fourth-order valence-electron chi connectivity index (χ4n) is 8.44. The van der Waals surface area contributed by atoms with Crippen LogP contribution in [0.25, 0.3) is 0 Å². The quantitative estimate of drug-likeness (QED) is 0.0686. The monoisotopic (exact) mass is 1010 g/mol. The average molecular weight is 1010 g/mol. The number of benzene rings is 1. The summed E-state index contributed by atoms with van der Waals surface area (Å²) in [4.78, 5) is 67.5. The fraction of sp³-hybridized carbons (Fsp3) is 0.688. The van der Waals surface area contributed by atoms with Crippen LogP contribution in [0.3, 0.4) is 0 Å². The zero-order valence-corrected chi connectivity index (χ0v) is 42.6. The number of nitrogens with one attached hydrogen (secondary N) is 1. The third-order valence-corrected chi connectivity index (χ3v) is 14.0. The van der Waals surface area contributed by atoms with Crippen LogP contribution < -0.4 is 10.2 Å². The van der Waals surface area contributed by atoms with Crippen LogP contribution in [0.1, 0.15) is 58.1 Å². The van der Waals surface area contributed by atoms with Gasteiger partial charge in [0.1, 0.15) is 23.9 Å². The molecule has 2 unspecified atom stereocenters. The average Bonchev–Trinajstić information content (AvgIpc) is 3.93. The Morgan fingerprint density at radius 3 is 2.14 bits per heavy atom. The van der Waals surface area contributed by atoms with Crippen molar-refractivity contribution in [2.24, 2.45) is 5.92 Å². The molecule has 2 N–H and O–H groups in total. The van der Waals surface area contributed by atoms with Gasteiger partial charge in [-0.2, -0.15) is 11.8 Å². The molecule has 386 valence electrons. The lowest BCUT2D eigenvalue weighted by molar-refractivity contribution is -0.166. The summed E-state index contributed by atoms with van der Waals surface area (Å²) >= 11 is 8.18. The second-order valence-electron chi connectivity index (χ2n) is 17.7. The summed E-state index contributed by atoms with van der Waals surface area (Å²) in [7, 11) is 3.06. The molecule has 69 heavy (non-hydrogen) atoms. The number of epoxide rings is 1. The van der Waals surface area contributed by atoms with Gasteiger partial charge in [-0.15, -0.1) is 0 Å². The van der Waals surface area contributed by atoms with Crippen LogP contribution in [0.15, 0.2) is 35.9 Å². The van der Waals surface area contributed by atoms with Gasteiger partial charge in [0.15, 0.2) is 11.8 Å². The Balaban J connectivity index is 1.05. The van der Waals surface area contributed by atoms with Crippen LogP contribution in [-0.4, -0.2) is 187 Å². The first-order chi connectivity index (χ1) is 32.9. The van der Waals surface area contributed by atoms with Crippen LogP contribution in [-0.2, 0) is 73.0 Å². The van der Waals surface area contributed by atoms with E-state index in [0.29, 0.717) is 63.4 Å². The van der Waals surface area contributed by atoms with E-state index in [0.717, 1.165) is 16.7 Å². The van der Waals surface area contributed by atoms with Crippen molar-refractivity contribution in [2.45, 2.75) is 107 Å². The summed E-state index contributed by atoms with van der Waals surface area (Å²) < 4.78 is 57.1. The number of hydrogen-bond acceptors (Lipinski definition) is 17. The topological polar surface area (TPSA) is 220 Å². The van der Waals surface area contributed by atoms with Crippen LogP contribution in [0, 0.1) is 12.8 Å². The summed E-state index contributed by atoms with van der Waals surface area (Å²) in [5, 5.41) is 14.4. The predicted molar refractivity (Wildman–Crippen MR) is 255 cm³/mol. The van der Waals surface area contributed by atoms with Crippen molar-refractivity contribution in [3.63, 3.8) is 0 Å². The molecule has 1 aromatic carbocycles. The Labute approximate surface area is 414 Å². The molecule has 3 saturated heterocycles. The van der Waals surface area contributed by atoms with Crippen molar-refractivity contribution in [3.05, 3.63) is 52.1 Å². The fourth-order valence-corrected chi connectivity index (χ4v) is 9.31. The number of imide groups is 1. The number of amides is 4. The van der Waals surface area contributed by atoms with Crippen molar-refractivity contribution in [1.29, 1.82) is 0 Å². The highest BCUT2D eigenvalue weighted by atomic mass is 35.5. The first-order valence-corrected chi connectivity index (χ1v) is 25.0. The largest absolute Gasteiger partial charge is 0.457 e. The van der Waals surface area contributed by atoms with Gasteiger partial charge in [0, 0.05) is 32.9 Å². The maximum absolute atomic E-state index is 14.2. The van der Waals surface area contributed by atoms with E-state index in [-0.39, 0.29) is 75.2 Å². The molecular weight excluding hydrogens is 942 g/mol. The molecular formula is C48H70ClN3O16S. The van der Waals surface area contributed by atoms with Crippen LogP contribution in [0.5, 0.6) is 0 Å². The van der Waals surface area contributed by atoms with E-state index in [1.807, 2.05) is 45.2 Å². The van der Waals surface area contributed by atoms with Crippen LogP contribution >= 0.6 is 23.4 Å². The number of methoxy groups -OCH3 is 1. The number of aliphatic hydroxyl groups is 1. The number of carbonyl (C=O) groups excluding carboxylic acids is 5. The molecule has 19 nitrogen and oxygen atoms in total. The van der Waals surface area contributed by atoms with E-state index >= 15 is 0 Å². The molecule has 4 bridgehead atoms. The smallest absolute Gasteiger partial charge is 0.409 e. The number of thioether (sulfide) groups is 1. The van der Waals surface area contributed by atoms with E-state index in [9.17, 15) is 29.1 Å². The summed E-state index contributed by atoms with van der Waals surface area (Å²) in [5.74, 6) is -1.94. The van der Waals surface area contributed by atoms with Gasteiger partial charge in [0.2, 0.25) is 17.7 Å². The number of carbonyl (C=O) groups is 5. The summed E-state index contributed by atoms with van der Waals surface area (Å²) in [6.07, 6.45) is 2.22. The van der Waals surface area contributed by atoms with Crippen molar-refractivity contribution < 1.29 is 76.4 Å². The minimum Gasteiger partial charge on any atom is -0.457 e. The highest BCUT2D eigenvalue weighted by molar-refractivity contribution is 8.00. The zero-order chi connectivity index (χ0) is 50.3. The molecule has 0 radical (unpaired) electrons. The highest BCUT2D eigenvalue weighted by Crippen LogP contribution is 2.49. The first kappa shape index (κ1) is 56.2. The molecule has 4 aliphatic heterocycles. The van der Waals surface area contributed by atoms with Crippen molar-refractivity contribution in [2.75, 3.05) is 105 Å². The number of anilines is 1. The number of alkyl carbamates (subject to hydrolysis) is 1. The maximum atomic E-state index is 14.2. The molecule has 21 heteroatoms. The molecule has 0 aliphatic carbocycles. The SMILES string of the molecule is CO[C@@H]1/C=C/C=C(\C)Cc2cc(C)c(Cl)c(c2)N(C)C(=O)CC(OC(=O)[C@H](C)OCCOCCOCCOCCOCCOCCN2C(=O)CC(SC)C2=O)[C@]2(C)O[C@H]2[C@H](C)[C@@H]2C[C@@]1(O)NC(=O)O2. The number of halogens is 1. The summed E-state index contributed by atoms with van der Waals surface area (Å²) in [6.45, 7) is 12.4. The van der Waals surface area contributed by atoms with E-state index in [4.69, 9.17) is 59.0 Å². The van der Waals surface area contributed by atoms with Gasteiger partial charge in [-0.1, -0.05) is 48.4 Å². The molecule has 9 atom stereocenters. The number of esters is 1. The van der Waals surface area contributed by atoms with E-state index in [1.54, 1.807) is 33.0 Å². The normalized spacial score (nSPS) is 29.2. The third kappa shape index (κ3) is 15.7. The molecule has 0 spiro atoms. The number of likely N-dealkylation sites (tertiary alicyclic amines) is 1. The van der Waals surface area contributed by atoms with Gasteiger partial charge in [-0.05, 0) is 57.6 Å². The Kier molecular flexibility index (Phi) is 21.8. The lowest BCUT2D eigenvalue weighted by atomic mass is 9.83. The molecule has 1 aromatic rings. The number of rotatable bonds is 23. The summed E-state index contributed by atoms with van der Waals surface area (Å²) in [5.41, 5.74) is 0.141. The first-order valence-electron chi connectivity index (χ1n) is 23.3. The number of allylic oxidation sites excluding steroid dienone is 3. The second-order valence-corrected chi connectivity index (χ2v) is 19.1. The second kappa shape index (κ2) is 26.7. The van der Waals surface area contributed by atoms with Crippen molar-refractivity contribution >= 4 is 58.8 Å². The van der Waals surface area contributed by atoms with Crippen LogP contribution in [0.4, 0.5) is 10.5 Å². The lowest BCUT2D eigenvalue weighted by Gasteiger charge is -2.42. The van der Waals surface area contributed by atoms with Gasteiger partial charge in [-0.25, -0.2) is 9.59 Å². The lowest BCUT2D eigenvalue weighted by Crippen LogP contribution is -2.63. The van der Waals surface area contributed by atoms with Crippen LogP contribution in [0.2, 0.25) is 5.02 Å². The number of hydrogen-bond donors (Lipinski definition) is 2. The van der Waals surface area contributed by atoms with Gasteiger partial charge in [0.05, 0.1) is 108 Å². The minimum absolute atomic E-state index is 0.0444. The van der Waals surface area contributed by atoms with Gasteiger partial charge < -0.3 is 57.4 Å². The predicted octanol–water partition coefficient (Wildman–Crippen LogP) is 3.95. The number of nitrogens with zero attached hydrogens (tertiary/aromatic N) is 2. The molecule has 4 amide bonds. The number of ether oxygens (including phenoxy) is 10. The Hall–Kier alpha value is -3.67. The molecule has 4 aliphatic rings. The van der Waals surface area contributed by atoms with Gasteiger partial charge in [-0.3, -0.25) is 24.6 Å². The van der Waals surface area contributed by atoms with E-state index in [1.165, 1.54) is 28.7 Å². The Morgan fingerprint density at radius 2 is 1.55 bits per heavy atom. The van der Waals surface area contributed by atoms with Crippen molar-refractivity contribution in [1.82, 2.24) is 10.2 Å². The van der Waals surface area contributed by atoms with E-state index < -0.39 is 59.8 Å². The third-order valence-electron chi connectivity index (χ3n) is 12.6. The Morgan fingerprint density at radius 1 is 0.942 bits per heavy atom. The summed E-state index contributed by atoms with van der Waals surface area (Å²) in [6, 6.07) is 3.81. The maximum Gasteiger partial charge on any atom is 0.409 e. The van der Waals surface area contributed by atoms with E-state index in [2.05, 4.69) is 5.32 Å². The molecule has 3 fully saturated rings. The molecule has 0 aromatic heterocycles. The number of aryl methyl sites for hydroxylation is 1.